The van der Waals surface area contributed by atoms with Crippen LogP contribution in [0, 0.1) is 0 Å². The van der Waals surface area contributed by atoms with Gasteiger partial charge >= 0.3 is 6.03 Å². The smallest absolute Gasteiger partial charge is 0.316 e. The zero-order valence-electron chi connectivity index (χ0n) is 14.5. The van der Waals surface area contributed by atoms with Crippen molar-refractivity contribution in [2.24, 2.45) is 0 Å². The predicted octanol–water partition coefficient (Wildman–Crippen LogP) is -5.46. The van der Waals surface area contributed by atoms with E-state index in [1.165, 1.54) is 7.05 Å². The second-order valence-corrected chi connectivity index (χ2v) is 6.28. The molecule has 9 N–H and O–H groups in total. The number of urea groups is 1. The lowest BCUT2D eigenvalue weighted by Gasteiger charge is -2.46. The van der Waals surface area contributed by atoms with Crippen molar-refractivity contribution in [2.45, 2.75) is 61.3 Å². The van der Waals surface area contributed by atoms with Crippen molar-refractivity contribution < 1.29 is 54.8 Å². The van der Waals surface area contributed by atoms with Crippen LogP contribution in [0.3, 0.4) is 0 Å². The zero-order chi connectivity index (χ0) is 20.3. The predicted molar refractivity (Wildman–Crippen MR) is 84.0 cm³/mol. The number of amides is 2. The Balaban J connectivity index is 2.11. The molecule has 2 fully saturated rings. The van der Waals surface area contributed by atoms with Crippen molar-refractivity contribution in [3.05, 3.63) is 0 Å². The fourth-order valence-corrected chi connectivity index (χ4v) is 2.91. The molecule has 158 valence electrons. The van der Waals surface area contributed by atoms with E-state index in [0.29, 0.717) is 0 Å². The molecule has 27 heavy (non-hydrogen) atoms. The minimum atomic E-state index is -1.74. The quantitative estimate of drug-likeness (QED) is 0.213. The van der Waals surface area contributed by atoms with Crippen LogP contribution in [0.1, 0.15) is 0 Å². The SMILES string of the molecule is CNC(=O)NC1O[C@H](CO)[C@@H](O[C@@H]2O[C@H](CO)[C@H](O)[C@H](O)[C@H]2O)[C@H](O)[C@H]1O. The fraction of sp³-hybridized carbons (Fsp3) is 0.929. The van der Waals surface area contributed by atoms with Crippen LogP contribution >= 0.6 is 0 Å². The Morgan fingerprint density at radius 2 is 1.52 bits per heavy atom. The maximum absolute atomic E-state index is 11.4. The number of ether oxygens (including phenoxy) is 3. The number of rotatable bonds is 5. The lowest BCUT2D eigenvalue weighted by Crippen LogP contribution is -2.67. The van der Waals surface area contributed by atoms with Crippen LogP contribution in [0.25, 0.3) is 0 Å². The number of aliphatic hydroxyl groups excluding tert-OH is 7. The van der Waals surface area contributed by atoms with Gasteiger partial charge in [0, 0.05) is 7.05 Å². The molecule has 0 spiro atoms. The third-order valence-corrected chi connectivity index (χ3v) is 4.50. The molecule has 0 bridgehead atoms. The first-order valence-electron chi connectivity index (χ1n) is 8.31. The first kappa shape index (κ1) is 22.2. The summed E-state index contributed by atoms with van der Waals surface area (Å²) in [5, 5.41) is 73.2. The number of nitrogens with one attached hydrogen (secondary N) is 2. The molecule has 13 nitrogen and oxygen atoms in total. The topological polar surface area (TPSA) is 210 Å². The Bertz CT molecular complexity index is 494. The second kappa shape index (κ2) is 9.38. The van der Waals surface area contributed by atoms with Crippen LogP contribution in [0.5, 0.6) is 0 Å². The number of hydrogen-bond donors (Lipinski definition) is 9. The highest BCUT2D eigenvalue weighted by atomic mass is 16.7. The van der Waals surface area contributed by atoms with Gasteiger partial charge < -0.3 is 60.6 Å². The maximum atomic E-state index is 11.4. The van der Waals surface area contributed by atoms with E-state index in [9.17, 15) is 40.5 Å². The molecule has 2 aliphatic heterocycles. The van der Waals surface area contributed by atoms with Crippen LogP contribution in [0.15, 0.2) is 0 Å². The molecule has 2 saturated heterocycles. The number of carbonyl (C=O) groups is 1. The molecule has 2 amide bonds. The lowest BCUT2D eigenvalue weighted by atomic mass is 9.96. The molecule has 0 saturated carbocycles. The van der Waals surface area contributed by atoms with Gasteiger partial charge in [-0.3, -0.25) is 0 Å². The maximum Gasteiger partial charge on any atom is 0.316 e. The highest BCUT2D eigenvalue weighted by Crippen LogP contribution is 2.28. The van der Waals surface area contributed by atoms with Gasteiger partial charge in [-0.15, -0.1) is 0 Å². The van der Waals surface area contributed by atoms with Gasteiger partial charge in [0.1, 0.15) is 48.8 Å². The molecule has 13 heteroatoms. The Morgan fingerprint density at radius 1 is 0.889 bits per heavy atom. The monoisotopic (exact) mass is 398 g/mol. The molecule has 0 aromatic heterocycles. The molecular weight excluding hydrogens is 372 g/mol. The highest BCUT2D eigenvalue weighted by molar-refractivity contribution is 5.73. The average Bonchev–Trinajstić information content (AvgIpc) is 2.67. The highest BCUT2D eigenvalue weighted by Gasteiger charge is 2.50. The molecule has 2 rings (SSSR count). The van der Waals surface area contributed by atoms with E-state index in [4.69, 9.17) is 14.2 Å². The summed E-state index contributed by atoms with van der Waals surface area (Å²) >= 11 is 0. The summed E-state index contributed by atoms with van der Waals surface area (Å²) in [6, 6.07) is -0.698. The first-order valence-corrected chi connectivity index (χ1v) is 8.31. The summed E-state index contributed by atoms with van der Waals surface area (Å²) in [5.74, 6) is 0. The molecule has 0 aromatic rings. The van der Waals surface area contributed by atoms with Gasteiger partial charge in [0.05, 0.1) is 13.2 Å². The van der Waals surface area contributed by atoms with E-state index in [2.05, 4.69) is 10.6 Å². The average molecular weight is 398 g/mol. The summed E-state index contributed by atoms with van der Waals surface area (Å²) in [6.45, 7) is -1.36. The number of aliphatic hydroxyl groups is 7. The van der Waals surface area contributed by atoms with Crippen LogP contribution < -0.4 is 10.6 Å². The van der Waals surface area contributed by atoms with E-state index >= 15 is 0 Å². The third kappa shape index (κ3) is 4.65. The summed E-state index contributed by atoms with van der Waals surface area (Å²) in [7, 11) is 1.33. The van der Waals surface area contributed by atoms with Gasteiger partial charge in [-0.1, -0.05) is 0 Å². The second-order valence-electron chi connectivity index (χ2n) is 6.28. The van der Waals surface area contributed by atoms with Gasteiger partial charge in [-0.2, -0.15) is 0 Å². The van der Waals surface area contributed by atoms with Crippen molar-refractivity contribution in [3.8, 4) is 0 Å². The molecule has 0 radical (unpaired) electrons. The van der Waals surface area contributed by atoms with E-state index < -0.39 is 80.6 Å². The van der Waals surface area contributed by atoms with Crippen LogP contribution in [0.4, 0.5) is 4.79 Å². The fourth-order valence-electron chi connectivity index (χ4n) is 2.91. The summed E-state index contributed by atoms with van der Waals surface area (Å²) in [6.07, 6.45) is -15.2. The van der Waals surface area contributed by atoms with Crippen molar-refractivity contribution in [1.82, 2.24) is 10.6 Å². The van der Waals surface area contributed by atoms with Crippen LogP contribution in [-0.4, -0.2) is 123 Å². The van der Waals surface area contributed by atoms with Crippen molar-refractivity contribution in [2.75, 3.05) is 20.3 Å². The standard InChI is InChI=1S/C14H26N2O11/c1-15-14(24)16-12-9(22)8(21)11(5(3-18)25-12)27-13-10(23)7(20)6(19)4(2-17)26-13/h4-13,17-23H,2-3H2,1H3,(H2,15,16,24)/t4-,5-,6+,7+,8-,9-,10-,11-,12?,13+/m1/s1. The van der Waals surface area contributed by atoms with E-state index in [-0.39, 0.29) is 0 Å². The minimum absolute atomic E-state index is 0.682. The number of carbonyl (C=O) groups excluding carboxylic acids is 1. The largest absolute Gasteiger partial charge is 0.394 e. The summed E-state index contributed by atoms with van der Waals surface area (Å²) < 4.78 is 15.9. The Kier molecular flexibility index (Phi) is 7.70. The molecule has 1 unspecified atom stereocenters. The molecule has 2 aliphatic rings. The molecular formula is C14H26N2O11. The molecule has 10 atom stereocenters. The zero-order valence-corrected chi connectivity index (χ0v) is 14.5. The van der Waals surface area contributed by atoms with Crippen molar-refractivity contribution in [3.63, 3.8) is 0 Å². The van der Waals surface area contributed by atoms with Gasteiger partial charge in [0.15, 0.2) is 12.5 Å². The van der Waals surface area contributed by atoms with E-state index in [0.717, 1.165) is 0 Å². The van der Waals surface area contributed by atoms with Crippen LogP contribution in [-0.2, 0) is 14.2 Å². The minimum Gasteiger partial charge on any atom is -0.394 e. The van der Waals surface area contributed by atoms with Crippen molar-refractivity contribution in [1.29, 1.82) is 0 Å². The first-order chi connectivity index (χ1) is 12.7. The van der Waals surface area contributed by atoms with Gasteiger partial charge in [-0.05, 0) is 0 Å². The van der Waals surface area contributed by atoms with Gasteiger partial charge in [0.2, 0.25) is 0 Å². The summed E-state index contributed by atoms with van der Waals surface area (Å²) in [5.41, 5.74) is 0. The van der Waals surface area contributed by atoms with E-state index in [1.807, 2.05) is 0 Å². The van der Waals surface area contributed by atoms with Gasteiger partial charge in [-0.25, -0.2) is 4.79 Å². The molecule has 2 heterocycles. The van der Waals surface area contributed by atoms with Crippen molar-refractivity contribution >= 4 is 6.03 Å². The third-order valence-electron chi connectivity index (χ3n) is 4.50. The number of hydrogen-bond acceptors (Lipinski definition) is 11. The Morgan fingerprint density at radius 3 is 2.07 bits per heavy atom. The Labute approximate surface area is 154 Å². The lowest BCUT2D eigenvalue weighted by molar-refractivity contribution is -0.342. The molecule has 0 aliphatic carbocycles. The Hall–Kier alpha value is -1.13. The molecule has 0 aromatic carbocycles. The normalized spacial score (nSPS) is 45.3. The summed E-state index contributed by atoms with van der Waals surface area (Å²) in [4.78, 5) is 11.4. The van der Waals surface area contributed by atoms with E-state index in [1.54, 1.807) is 0 Å². The van der Waals surface area contributed by atoms with Crippen LogP contribution in [0.2, 0.25) is 0 Å². The van der Waals surface area contributed by atoms with Gasteiger partial charge in [0.25, 0.3) is 0 Å².